The number of aryl methyl sites for hydroxylation is 1. The second-order valence-corrected chi connectivity index (χ2v) is 16.7. The van der Waals surface area contributed by atoms with E-state index in [0.717, 1.165) is 23.0 Å². The summed E-state index contributed by atoms with van der Waals surface area (Å²) >= 11 is 0. The first kappa shape index (κ1) is 28.8. The van der Waals surface area contributed by atoms with Crippen molar-refractivity contribution in [3.63, 3.8) is 0 Å². The summed E-state index contributed by atoms with van der Waals surface area (Å²) in [4.78, 5) is 32.8. The van der Waals surface area contributed by atoms with E-state index in [1.807, 2.05) is 42.6 Å². The van der Waals surface area contributed by atoms with Crippen LogP contribution < -0.4 is 15.7 Å². The molecule has 2 aliphatic heterocycles. The highest BCUT2D eigenvalue weighted by atomic mass is 28.4. The van der Waals surface area contributed by atoms with Gasteiger partial charge in [0, 0.05) is 61.6 Å². The molecule has 0 saturated carbocycles. The Labute approximate surface area is 254 Å². The smallest absolute Gasteiger partial charge is 0.261 e. The predicted octanol–water partition coefficient (Wildman–Crippen LogP) is 4.49. The summed E-state index contributed by atoms with van der Waals surface area (Å²) in [7, 11) is -0.669. The molecule has 0 radical (unpaired) electrons. The molecule has 2 aromatic carbocycles. The van der Waals surface area contributed by atoms with Gasteiger partial charge in [0.1, 0.15) is 5.65 Å². The van der Waals surface area contributed by atoms with Gasteiger partial charge in [0.05, 0.1) is 5.57 Å². The molecule has 0 saturated heterocycles. The van der Waals surface area contributed by atoms with Gasteiger partial charge in [0.15, 0.2) is 0 Å². The van der Waals surface area contributed by atoms with Crippen molar-refractivity contribution < 1.29 is 14.0 Å². The van der Waals surface area contributed by atoms with Crippen LogP contribution in [0.2, 0.25) is 5.04 Å². The van der Waals surface area contributed by atoms with Crippen LogP contribution >= 0.6 is 0 Å². The van der Waals surface area contributed by atoms with Crippen LogP contribution in [0.25, 0.3) is 16.6 Å². The van der Waals surface area contributed by atoms with E-state index in [-0.39, 0.29) is 22.8 Å². The van der Waals surface area contributed by atoms with Gasteiger partial charge in [-0.3, -0.25) is 14.9 Å². The lowest BCUT2D eigenvalue weighted by Crippen LogP contribution is -2.66. The fourth-order valence-electron chi connectivity index (χ4n) is 6.67. The lowest BCUT2D eigenvalue weighted by Gasteiger charge is -2.43. The largest absolute Gasteiger partial charge is 0.407 e. The van der Waals surface area contributed by atoms with Crippen molar-refractivity contribution in [3.8, 4) is 0 Å². The predicted molar refractivity (Wildman–Crippen MR) is 173 cm³/mol. The van der Waals surface area contributed by atoms with Crippen LogP contribution in [-0.4, -0.2) is 54.8 Å². The molecule has 1 atom stereocenters. The van der Waals surface area contributed by atoms with Gasteiger partial charge < -0.3 is 13.9 Å². The quantitative estimate of drug-likeness (QED) is 0.177. The number of nitrogens with one attached hydrogen (secondary N) is 1. The highest BCUT2D eigenvalue weighted by molar-refractivity contribution is 6.99. The number of hydrogen-bond donors (Lipinski definition) is 1. The molecule has 8 heteroatoms. The number of nitrogens with zero attached hydrogens (tertiary/aromatic N) is 3. The number of carbonyl (C=O) groups excluding carboxylic acids is 2. The molecule has 0 bridgehead atoms. The van der Waals surface area contributed by atoms with Gasteiger partial charge in [0.25, 0.3) is 20.1 Å². The molecule has 1 N–H and O–H groups in total. The zero-order chi connectivity index (χ0) is 30.2. The van der Waals surface area contributed by atoms with Gasteiger partial charge in [-0.2, -0.15) is 0 Å². The van der Waals surface area contributed by atoms with Crippen molar-refractivity contribution in [1.29, 1.82) is 0 Å². The van der Waals surface area contributed by atoms with Crippen LogP contribution in [0.15, 0.2) is 103 Å². The molecule has 2 aliphatic rings. The highest BCUT2D eigenvalue weighted by Gasteiger charge is 2.50. The average Bonchev–Trinajstić information content (AvgIpc) is 3.67. The van der Waals surface area contributed by atoms with E-state index in [9.17, 15) is 9.59 Å². The molecule has 0 fully saturated rings. The first-order chi connectivity index (χ1) is 20.7. The second kappa shape index (κ2) is 11.4. The Kier molecular flexibility index (Phi) is 7.66. The first-order valence-electron chi connectivity index (χ1n) is 14.9. The Balaban J connectivity index is 1.31. The van der Waals surface area contributed by atoms with E-state index in [4.69, 9.17) is 4.43 Å². The van der Waals surface area contributed by atoms with Crippen LogP contribution in [0.1, 0.15) is 32.8 Å². The molecule has 0 aliphatic carbocycles. The highest BCUT2D eigenvalue weighted by Crippen LogP contribution is 2.38. The Hall–Kier alpha value is -4.27. The fourth-order valence-corrected chi connectivity index (χ4v) is 11.3. The van der Waals surface area contributed by atoms with Gasteiger partial charge in [-0.15, -0.1) is 0 Å². The maximum Gasteiger partial charge on any atom is 0.261 e. The number of benzene rings is 2. The monoisotopic (exact) mass is 590 g/mol. The molecule has 6 rings (SSSR count). The van der Waals surface area contributed by atoms with Gasteiger partial charge in [0.2, 0.25) is 0 Å². The number of amides is 2. The van der Waals surface area contributed by atoms with Crippen molar-refractivity contribution in [2.75, 3.05) is 20.2 Å². The summed E-state index contributed by atoms with van der Waals surface area (Å²) in [5.41, 5.74) is 2.53. The molecule has 220 valence electrons. The van der Waals surface area contributed by atoms with Gasteiger partial charge in [-0.05, 0) is 40.2 Å². The third kappa shape index (κ3) is 5.15. The third-order valence-corrected chi connectivity index (χ3v) is 13.6. The van der Waals surface area contributed by atoms with E-state index in [1.165, 1.54) is 10.4 Å². The van der Waals surface area contributed by atoms with Crippen molar-refractivity contribution >= 4 is 47.1 Å². The Morgan fingerprint density at radius 1 is 0.953 bits per heavy atom. The standard InChI is InChI=1S/C35H38N4O3Si/c1-35(2,3)43(26-13-7-5-8-14-26,27-15-9-6-10-16-27)42-22-12-20-39-24-29(28-17-11-19-36-32(28)39)31-30(33(40)37-34(31)41)25-18-21-38(4)23-25/h5-11,13-19,21,24-25H,12,20,22-23H2,1-4H3,(H,37,40,41). The number of hydrogen-bond acceptors (Lipinski definition) is 5. The number of imide groups is 1. The molecule has 7 nitrogen and oxygen atoms in total. The van der Waals surface area contributed by atoms with E-state index >= 15 is 0 Å². The summed E-state index contributed by atoms with van der Waals surface area (Å²) < 4.78 is 9.20. The van der Waals surface area contributed by atoms with Gasteiger partial charge in [-0.25, -0.2) is 4.98 Å². The molecule has 2 aromatic heterocycles. The van der Waals surface area contributed by atoms with Crippen LogP contribution in [0, 0.1) is 5.92 Å². The van der Waals surface area contributed by atoms with Crippen molar-refractivity contribution in [2.45, 2.75) is 38.8 Å². The topological polar surface area (TPSA) is 76.5 Å². The molecule has 1 unspecified atom stereocenters. The Bertz CT molecular complexity index is 1680. The Morgan fingerprint density at radius 3 is 2.23 bits per heavy atom. The van der Waals surface area contributed by atoms with Crippen LogP contribution in [0.3, 0.4) is 0 Å². The summed E-state index contributed by atoms with van der Waals surface area (Å²) in [5.74, 6) is -0.796. The lowest BCUT2D eigenvalue weighted by molar-refractivity contribution is -0.123. The third-order valence-electron chi connectivity index (χ3n) is 8.58. The van der Waals surface area contributed by atoms with Crippen molar-refractivity contribution in [1.82, 2.24) is 19.8 Å². The molecule has 4 heterocycles. The maximum absolute atomic E-state index is 13.1. The minimum absolute atomic E-state index is 0.0986. The first-order valence-corrected chi connectivity index (χ1v) is 16.8. The molecule has 0 spiro atoms. The van der Waals surface area contributed by atoms with Crippen LogP contribution in [0.5, 0.6) is 0 Å². The minimum atomic E-state index is -2.64. The molecule has 2 amide bonds. The normalized spacial score (nSPS) is 17.4. The number of aromatic nitrogens is 2. The number of pyridine rings is 1. The van der Waals surface area contributed by atoms with E-state index in [0.29, 0.717) is 30.8 Å². The second-order valence-electron chi connectivity index (χ2n) is 12.4. The summed E-state index contributed by atoms with van der Waals surface area (Å²) in [6, 6.07) is 25.2. The zero-order valence-corrected chi connectivity index (χ0v) is 26.2. The maximum atomic E-state index is 13.1. The van der Waals surface area contributed by atoms with E-state index in [2.05, 4.69) is 96.3 Å². The molecule has 4 aromatic rings. The van der Waals surface area contributed by atoms with E-state index < -0.39 is 8.32 Å². The Morgan fingerprint density at radius 2 is 1.63 bits per heavy atom. The van der Waals surface area contributed by atoms with Gasteiger partial charge >= 0.3 is 0 Å². The average molecular weight is 591 g/mol. The number of carbonyl (C=O) groups is 2. The molecule has 43 heavy (non-hydrogen) atoms. The minimum Gasteiger partial charge on any atom is -0.407 e. The molecular formula is C35H38N4O3Si. The van der Waals surface area contributed by atoms with Crippen LogP contribution in [-0.2, 0) is 20.6 Å². The van der Waals surface area contributed by atoms with E-state index in [1.54, 1.807) is 6.20 Å². The number of fused-ring (bicyclic) bond motifs is 1. The van der Waals surface area contributed by atoms with Crippen molar-refractivity contribution in [3.05, 3.63) is 109 Å². The SMILES string of the molecule is CN1C=CC(C2=C(c3cn(CCCO[Si](c4ccccc4)(c4ccccc4)C(C)(C)C)c4ncccc34)C(=O)NC2=O)C1. The van der Waals surface area contributed by atoms with Gasteiger partial charge in [-0.1, -0.05) is 87.5 Å². The summed E-state index contributed by atoms with van der Waals surface area (Å²) in [5, 5.41) is 5.82. The summed E-state index contributed by atoms with van der Waals surface area (Å²) in [6.07, 6.45) is 8.47. The summed E-state index contributed by atoms with van der Waals surface area (Å²) in [6.45, 7) is 8.75. The van der Waals surface area contributed by atoms with Crippen LogP contribution in [0.4, 0.5) is 0 Å². The number of rotatable bonds is 9. The lowest BCUT2D eigenvalue weighted by atomic mass is 9.92. The molecular weight excluding hydrogens is 552 g/mol. The zero-order valence-electron chi connectivity index (χ0n) is 25.2. The van der Waals surface area contributed by atoms with Crippen molar-refractivity contribution in [2.24, 2.45) is 5.92 Å². The fraction of sp³-hybridized carbons (Fsp3) is 0.286.